The Bertz CT molecular complexity index is 1540. The molecule has 384 valence electrons. The third-order valence-corrected chi connectivity index (χ3v) is 79.9. The molecule has 8 bridgehead atoms. The number of hydrogen-bond donors (Lipinski definition) is 0. The zero-order chi connectivity index (χ0) is 51.8. The highest BCUT2D eigenvalue weighted by Gasteiger charge is 2.87. The summed E-state index contributed by atoms with van der Waals surface area (Å²) in [5.74, 6) is 0. The standard InChI is InChI=1S/C36H80O16Si16/c1-25-53(9,10)37-61-33-62(38-54(11,12)26-2)46-65(41-57(17,18)29-5)34-63(45-61,39-55(13,14)27-3)51-66(42-58(19,20)30-6)35-64(49-61,40-56(15,16)28-4)47-67(50-62,43-59(21,22)31-7)36-68(48-66,52-65)44-60(23,24)32-8/h25-32H,1-8,33-36H2,9-24H3. The predicted octanol–water partition coefficient (Wildman–Crippen LogP) is 9.43. The fourth-order valence-corrected chi connectivity index (χ4v) is 95.3. The molecular weight excluding hydrogens is 1140 g/mol. The molecule has 0 radical (unpaired) electrons. The molecule has 0 amide bonds. The summed E-state index contributed by atoms with van der Waals surface area (Å²) in [6, 6.07) is 0. The van der Waals surface area contributed by atoms with Crippen LogP contribution in [0, 0.1) is 0 Å². The summed E-state index contributed by atoms with van der Waals surface area (Å²) in [4.78, 5) is 0. The van der Waals surface area contributed by atoms with Gasteiger partial charge in [-0.2, -0.15) is 0 Å². The van der Waals surface area contributed by atoms with Gasteiger partial charge in [0.15, 0.2) is 0 Å². The maximum absolute atomic E-state index is 8.02. The van der Waals surface area contributed by atoms with Gasteiger partial charge in [-0.25, -0.2) is 0 Å². The largest absolute Gasteiger partial charge is 0.480 e. The molecule has 6 heterocycles. The first-order valence-electron chi connectivity index (χ1n) is 22.9. The van der Waals surface area contributed by atoms with Gasteiger partial charge in [0, 0.05) is 0 Å². The Labute approximate surface area is 425 Å². The summed E-state index contributed by atoms with van der Waals surface area (Å²) in [6.07, 6.45) is 0. The van der Waals surface area contributed by atoms with Crippen LogP contribution in [0.1, 0.15) is 0 Å². The van der Waals surface area contributed by atoms with Crippen molar-refractivity contribution >= 4 is 137 Å². The molecule has 0 N–H and O–H groups in total. The normalized spacial score (nSPS) is 35.8. The summed E-state index contributed by atoms with van der Waals surface area (Å²) in [5.41, 5.74) is 14.1. The van der Waals surface area contributed by atoms with Crippen LogP contribution in [0.5, 0.6) is 0 Å². The van der Waals surface area contributed by atoms with Crippen LogP contribution < -0.4 is 0 Å². The zero-order valence-electron chi connectivity index (χ0n) is 43.6. The van der Waals surface area contributed by atoms with Crippen LogP contribution in [-0.4, -0.2) is 137 Å². The molecule has 0 aromatic heterocycles. The van der Waals surface area contributed by atoms with Gasteiger partial charge < -0.3 is 65.8 Å². The van der Waals surface area contributed by atoms with Crippen molar-refractivity contribution in [2.45, 2.75) is 127 Å². The quantitative estimate of drug-likeness (QED) is 0.0845. The Kier molecular flexibility index (Phi) is 17.0. The lowest BCUT2D eigenvalue weighted by Gasteiger charge is -2.63. The van der Waals surface area contributed by atoms with Gasteiger partial charge in [0.1, 0.15) is 0 Å². The maximum Gasteiger partial charge on any atom is 0.480 e. The molecule has 0 aliphatic carbocycles. The second-order valence-corrected chi connectivity index (χ2v) is 80.8. The average molecular weight is 1220 g/mol. The van der Waals surface area contributed by atoms with Crippen LogP contribution in [0.3, 0.4) is 0 Å². The van der Waals surface area contributed by atoms with Gasteiger partial charge in [0.2, 0.25) is 66.5 Å². The molecule has 0 saturated carbocycles. The average Bonchev–Trinajstić information content (AvgIpc) is 3.13. The van der Waals surface area contributed by atoms with Crippen LogP contribution in [0.15, 0.2) is 98.2 Å². The molecule has 0 spiro atoms. The van der Waals surface area contributed by atoms with Crippen molar-refractivity contribution in [2.75, 3.05) is 0 Å². The molecular formula is C36H80O16Si16. The van der Waals surface area contributed by atoms with Crippen molar-refractivity contribution in [3.05, 3.63) is 98.2 Å². The summed E-state index contributed by atoms with van der Waals surface area (Å²) >= 11 is 0. The van der Waals surface area contributed by atoms with E-state index in [9.17, 15) is 0 Å². The van der Waals surface area contributed by atoms with Crippen molar-refractivity contribution in [2.24, 2.45) is 0 Å². The SMILES string of the molecule is C=C[Si](C)(C)O[Si]12C[Si]3(O[Si](C)(C)C=C)O[Si]4(O[Si](C)(C)C=C)C[Si]5(O[Si](C)(C)C=C)O[Si](O[Si](C)(C)C=C)(C[Si](O[Si](C)(C)C=C)(O1)O4)O[Si](O[Si](C)(C)C=C)(C[Si](O[Si](C)(C)C=C)(O3)O5)O2. The highest BCUT2D eigenvalue weighted by molar-refractivity contribution is 7.13. The van der Waals surface area contributed by atoms with Gasteiger partial charge in [0.25, 0.3) is 0 Å². The first kappa shape index (κ1) is 59.6. The Morgan fingerprint density at radius 1 is 0.235 bits per heavy atom. The van der Waals surface area contributed by atoms with Gasteiger partial charge in [-0.05, 0) is 105 Å². The van der Waals surface area contributed by atoms with Gasteiger partial charge >= 0.3 is 70.4 Å². The molecule has 0 atom stereocenters. The molecule has 6 fully saturated rings. The lowest BCUT2D eigenvalue weighted by molar-refractivity contribution is 0.0372. The molecule has 6 aliphatic heterocycles. The van der Waals surface area contributed by atoms with Crippen molar-refractivity contribution in [3.63, 3.8) is 0 Å². The Morgan fingerprint density at radius 2 is 0.324 bits per heavy atom. The third kappa shape index (κ3) is 13.8. The minimum atomic E-state index is -4.53. The van der Waals surface area contributed by atoms with E-state index < -0.39 is 137 Å². The summed E-state index contributed by atoms with van der Waals surface area (Å²) < 4.78 is 125. The van der Waals surface area contributed by atoms with Crippen molar-refractivity contribution in [3.8, 4) is 0 Å². The Balaban J connectivity index is 2.17. The predicted molar refractivity (Wildman–Crippen MR) is 304 cm³/mol. The highest BCUT2D eigenvalue weighted by atomic mass is 28.6. The van der Waals surface area contributed by atoms with E-state index in [1.165, 1.54) is 0 Å². The molecule has 6 saturated heterocycles. The van der Waals surface area contributed by atoms with E-state index in [1.54, 1.807) is 0 Å². The van der Waals surface area contributed by atoms with E-state index in [0.29, 0.717) is 0 Å². The highest BCUT2D eigenvalue weighted by Crippen LogP contribution is 2.57. The van der Waals surface area contributed by atoms with Crippen LogP contribution in [0.25, 0.3) is 0 Å². The van der Waals surface area contributed by atoms with Gasteiger partial charge in [-0.15, -0.1) is 52.6 Å². The first-order chi connectivity index (χ1) is 30.6. The second-order valence-electron chi connectivity index (χ2n) is 22.3. The van der Waals surface area contributed by atoms with Gasteiger partial charge in [-0.1, -0.05) is 45.6 Å². The maximum atomic E-state index is 8.02. The van der Waals surface area contributed by atoms with E-state index >= 15 is 0 Å². The van der Waals surface area contributed by atoms with Crippen LogP contribution in [0.4, 0.5) is 0 Å². The molecule has 0 aromatic carbocycles. The number of hydrogen-bond acceptors (Lipinski definition) is 16. The number of rotatable bonds is 24. The molecule has 6 rings (SSSR count). The molecule has 0 unspecified atom stereocenters. The van der Waals surface area contributed by atoms with Crippen molar-refractivity contribution < 1.29 is 65.8 Å². The Morgan fingerprint density at radius 3 is 0.397 bits per heavy atom. The summed E-state index contributed by atoms with van der Waals surface area (Å²) in [5, 5.41) is 0. The minimum absolute atomic E-state index is 0.138. The van der Waals surface area contributed by atoms with E-state index in [4.69, 9.17) is 65.8 Å². The smallest absolute Gasteiger partial charge is 0.413 e. The van der Waals surface area contributed by atoms with E-state index in [1.807, 2.05) is 150 Å². The van der Waals surface area contributed by atoms with Crippen LogP contribution in [0.2, 0.25) is 127 Å². The first-order valence-corrected chi connectivity index (χ1v) is 62.3. The van der Waals surface area contributed by atoms with E-state index in [2.05, 4.69) is 52.6 Å². The fourth-order valence-electron chi connectivity index (χ4n) is 7.86. The fraction of sp³-hybridized carbons (Fsp3) is 0.556. The lowest BCUT2D eigenvalue weighted by atomic mass is 11.3. The topological polar surface area (TPSA) is 148 Å². The van der Waals surface area contributed by atoms with Crippen LogP contribution in [-0.2, 0) is 65.8 Å². The van der Waals surface area contributed by atoms with Gasteiger partial charge in [-0.3, -0.25) is 0 Å². The van der Waals surface area contributed by atoms with Gasteiger partial charge in [0.05, 0.1) is 22.7 Å². The monoisotopic (exact) mass is 1220 g/mol. The molecule has 68 heavy (non-hydrogen) atoms. The second kappa shape index (κ2) is 19.4. The Hall–Kier alpha value is 0.750. The third-order valence-electron chi connectivity index (χ3n) is 11.5. The molecule has 0 aromatic rings. The summed E-state index contributed by atoms with van der Waals surface area (Å²) in [6.45, 7) is 66.4. The van der Waals surface area contributed by atoms with Crippen molar-refractivity contribution in [1.82, 2.24) is 0 Å². The summed E-state index contributed by atoms with van der Waals surface area (Å²) in [7, 11) is -60.0. The van der Waals surface area contributed by atoms with Crippen LogP contribution >= 0.6 is 0 Å². The minimum Gasteiger partial charge on any atom is -0.413 e. The zero-order valence-corrected chi connectivity index (χ0v) is 59.6. The van der Waals surface area contributed by atoms with E-state index in [0.717, 1.165) is 0 Å². The molecule has 6 aliphatic rings. The van der Waals surface area contributed by atoms with E-state index in [-0.39, 0.29) is 22.7 Å². The molecule has 32 heteroatoms. The molecule has 16 nitrogen and oxygen atoms in total. The van der Waals surface area contributed by atoms with Crippen molar-refractivity contribution in [1.29, 1.82) is 0 Å². The lowest BCUT2D eigenvalue weighted by Crippen LogP contribution is -2.89.